The summed E-state index contributed by atoms with van der Waals surface area (Å²) in [6, 6.07) is 12.7. The molecule has 0 fully saturated rings. The van der Waals surface area contributed by atoms with Crippen LogP contribution in [-0.2, 0) is 9.59 Å². The van der Waals surface area contributed by atoms with Gasteiger partial charge in [-0.1, -0.05) is 18.2 Å². The Morgan fingerprint density at radius 3 is 2.52 bits per heavy atom. The second-order valence-electron chi connectivity index (χ2n) is 7.43. The van der Waals surface area contributed by atoms with Crippen molar-refractivity contribution >= 4 is 11.7 Å². The fourth-order valence-electron chi connectivity index (χ4n) is 4.30. The van der Waals surface area contributed by atoms with Crippen molar-refractivity contribution < 1.29 is 24.2 Å². The Morgan fingerprint density at radius 1 is 0.966 bits per heavy atom. The number of hydrogen-bond donors (Lipinski definition) is 2. The van der Waals surface area contributed by atoms with Gasteiger partial charge >= 0.3 is 0 Å². The SMILES string of the molecule is COc1cccc(C2CC(=O)C3=C(C2)NC(=O)CC3c2ccc(OC)c(O)c2)c1. The molecule has 2 N–H and O–H groups in total. The zero-order valence-electron chi connectivity index (χ0n) is 16.4. The summed E-state index contributed by atoms with van der Waals surface area (Å²) in [4.78, 5) is 25.5. The minimum Gasteiger partial charge on any atom is -0.504 e. The lowest BCUT2D eigenvalue weighted by molar-refractivity contribution is -0.122. The highest BCUT2D eigenvalue weighted by Gasteiger charge is 2.38. The van der Waals surface area contributed by atoms with Crippen molar-refractivity contribution in [2.24, 2.45) is 0 Å². The molecule has 0 spiro atoms. The predicted molar refractivity (Wildman–Crippen MR) is 107 cm³/mol. The van der Waals surface area contributed by atoms with Gasteiger partial charge in [-0.3, -0.25) is 9.59 Å². The van der Waals surface area contributed by atoms with Gasteiger partial charge in [-0.25, -0.2) is 0 Å². The van der Waals surface area contributed by atoms with Gasteiger partial charge in [-0.15, -0.1) is 0 Å². The summed E-state index contributed by atoms with van der Waals surface area (Å²) in [5, 5.41) is 13.1. The number of allylic oxidation sites excluding steroid dienone is 2. The summed E-state index contributed by atoms with van der Waals surface area (Å²) < 4.78 is 10.4. The maximum absolute atomic E-state index is 13.1. The first-order valence-corrected chi connectivity index (χ1v) is 9.57. The third-order valence-corrected chi connectivity index (χ3v) is 5.71. The highest BCUT2D eigenvalue weighted by Crippen LogP contribution is 2.44. The summed E-state index contributed by atoms with van der Waals surface area (Å²) in [5.41, 5.74) is 3.08. The van der Waals surface area contributed by atoms with Crippen LogP contribution in [-0.4, -0.2) is 31.0 Å². The monoisotopic (exact) mass is 393 g/mol. The quantitative estimate of drug-likeness (QED) is 0.832. The molecular weight excluding hydrogens is 370 g/mol. The molecule has 1 aliphatic heterocycles. The van der Waals surface area contributed by atoms with E-state index >= 15 is 0 Å². The average molecular weight is 393 g/mol. The predicted octanol–water partition coefficient (Wildman–Crippen LogP) is 3.41. The molecule has 0 saturated carbocycles. The Labute approximate surface area is 169 Å². The number of carbonyl (C=O) groups excluding carboxylic acids is 2. The number of aromatic hydroxyl groups is 1. The highest BCUT2D eigenvalue weighted by molar-refractivity contribution is 6.02. The van der Waals surface area contributed by atoms with Crippen molar-refractivity contribution in [1.29, 1.82) is 0 Å². The van der Waals surface area contributed by atoms with Gasteiger partial charge in [0.25, 0.3) is 0 Å². The molecule has 4 rings (SSSR count). The molecule has 0 aromatic heterocycles. The number of Topliss-reactive ketones (excluding diaryl/α,β-unsaturated/α-hetero) is 1. The highest BCUT2D eigenvalue weighted by atomic mass is 16.5. The van der Waals surface area contributed by atoms with Crippen LogP contribution < -0.4 is 14.8 Å². The molecule has 2 unspecified atom stereocenters. The molecule has 2 aliphatic rings. The van der Waals surface area contributed by atoms with E-state index in [1.54, 1.807) is 25.3 Å². The van der Waals surface area contributed by atoms with Gasteiger partial charge in [-0.05, 0) is 47.7 Å². The van der Waals surface area contributed by atoms with Crippen molar-refractivity contribution in [2.45, 2.75) is 31.1 Å². The molecule has 1 amide bonds. The van der Waals surface area contributed by atoms with E-state index in [0.29, 0.717) is 29.9 Å². The number of ether oxygens (including phenoxy) is 2. The number of phenolic OH excluding ortho intramolecular Hbond substituents is 1. The second-order valence-corrected chi connectivity index (χ2v) is 7.43. The molecule has 0 bridgehead atoms. The number of methoxy groups -OCH3 is 2. The van der Waals surface area contributed by atoms with Crippen LogP contribution in [0, 0.1) is 0 Å². The molecule has 2 aromatic carbocycles. The lowest BCUT2D eigenvalue weighted by atomic mass is 9.73. The summed E-state index contributed by atoms with van der Waals surface area (Å²) >= 11 is 0. The first-order chi connectivity index (χ1) is 14.0. The summed E-state index contributed by atoms with van der Waals surface area (Å²) in [6.45, 7) is 0. The van der Waals surface area contributed by atoms with Gasteiger partial charge in [0.15, 0.2) is 17.3 Å². The molecule has 0 radical (unpaired) electrons. The zero-order valence-corrected chi connectivity index (χ0v) is 16.4. The average Bonchev–Trinajstić information content (AvgIpc) is 2.72. The molecule has 150 valence electrons. The van der Waals surface area contributed by atoms with Crippen molar-refractivity contribution in [3.63, 3.8) is 0 Å². The number of amides is 1. The summed E-state index contributed by atoms with van der Waals surface area (Å²) in [7, 11) is 3.09. The largest absolute Gasteiger partial charge is 0.504 e. The number of ketones is 1. The summed E-state index contributed by atoms with van der Waals surface area (Å²) in [5.74, 6) is 0.623. The third-order valence-electron chi connectivity index (χ3n) is 5.71. The van der Waals surface area contributed by atoms with E-state index in [-0.39, 0.29) is 35.7 Å². The minimum atomic E-state index is -0.366. The lowest BCUT2D eigenvalue weighted by Gasteiger charge is -2.34. The molecule has 1 heterocycles. The number of nitrogens with one attached hydrogen (secondary N) is 1. The summed E-state index contributed by atoms with van der Waals surface area (Å²) in [6.07, 6.45) is 1.14. The first-order valence-electron chi connectivity index (χ1n) is 9.57. The van der Waals surface area contributed by atoms with Crippen LogP contribution in [0.4, 0.5) is 0 Å². The molecule has 0 saturated heterocycles. The van der Waals surface area contributed by atoms with Gasteiger partial charge in [0, 0.05) is 30.0 Å². The maximum atomic E-state index is 13.1. The molecule has 1 aliphatic carbocycles. The fourth-order valence-corrected chi connectivity index (χ4v) is 4.30. The molecule has 2 atom stereocenters. The molecular formula is C23H23NO5. The number of hydrogen-bond acceptors (Lipinski definition) is 5. The van der Waals surface area contributed by atoms with Crippen LogP contribution >= 0.6 is 0 Å². The Balaban J connectivity index is 1.70. The van der Waals surface area contributed by atoms with Crippen LogP contribution in [0.15, 0.2) is 53.7 Å². The molecule has 2 aromatic rings. The van der Waals surface area contributed by atoms with E-state index in [1.807, 2.05) is 24.3 Å². The van der Waals surface area contributed by atoms with E-state index in [4.69, 9.17) is 9.47 Å². The van der Waals surface area contributed by atoms with E-state index in [9.17, 15) is 14.7 Å². The van der Waals surface area contributed by atoms with Crippen LogP contribution in [0.25, 0.3) is 0 Å². The molecule has 29 heavy (non-hydrogen) atoms. The van der Waals surface area contributed by atoms with Crippen LogP contribution in [0.3, 0.4) is 0 Å². The lowest BCUT2D eigenvalue weighted by Crippen LogP contribution is -2.38. The van der Waals surface area contributed by atoms with Crippen LogP contribution in [0.5, 0.6) is 17.2 Å². The van der Waals surface area contributed by atoms with E-state index in [2.05, 4.69) is 5.32 Å². The van der Waals surface area contributed by atoms with Crippen molar-refractivity contribution in [3.8, 4) is 17.2 Å². The van der Waals surface area contributed by atoms with E-state index in [1.165, 1.54) is 7.11 Å². The van der Waals surface area contributed by atoms with E-state index in [0.717, 1.165) is 16.9 Å². The smallest absolute Gasteiger partial charge is 0.225 e. The number of rotatable bonds is 4. The number of carbonyl (C=O) groups is 2. The van der Waals surface area contributed by atoms with Crippen LogP contribution in [0.1, 0.15) is 42.2 Å². The second kappa shape index (κ2) is 7.62. The maximum Gasteiger partial charge on any atom is 0.225 e. The Hall–Kier alpha value is -3.28. The Bertz CT molecular complexity index is 1010. The minimum absolute atomic E-state index is 0.00403. The van der Waals surface area contributed by atoms with Crippen molar-refractivity contribution in [3.05, 3.63) is 64.9 Å². The van der Waals surface area contributed by atoms with Gasteiger partial charge in [-0.2, -0.15) is 0 Å². The number of phenols is 1. The van der Waals surface area contributed by atoms with Gasteiger partial charge in [0.1, 0.15) is 5.75 Å². The fraction of sp³-hybridized carbons (Fsp3) is 0.304. The Morgan fingerprint density at radius 2 is 1.79 bits per heavy atom. The molecule has 6 heteroatoms. The first kappa shape index (κ1) is 19.1. The standard InChI is InChI=1S/C23H23NO5/c1-28-16-5-3-4-13(8-16)15-9-18-23(20(26)11-15)17(12-22(27)24-18)14-6-7-21(29-2)19(25)10-14/h3-8,10,15,17,25H,9,11-12H2,1-2H3,(H,24,27). The van der Waals surface area contributed by atoms with Gasteiger partial charge in [0.05, 0.1) is 14.2 Å². The topological polar surface area (TPSA) is 84.9 Å². The van der Waals surface area contributed by atoms with Crippen molar-refractivity contribution in [2.75, 3.05) is 14.2 Å². The normalized spacial score (nSPS) is 21.4. The third kappa shape index (κ3) is 3.58. The van der Waals surface area contributed by atoms with Gasteiger partial charge in [0.2, 0.25) is 5.91 Å². The zero-order chi connectivity index (χ0) is 20.5. The van der Waals surface area contributed by atoms with Gasteiger partial charge < -0.3 is 19.9 Å². The Kier molecular flexibility index (Phi) is 5.01. The molecule has 6 nitrogen and oxygen atoms in total. The van der Waals surface area contributed by atoms with Crippen molar-refractivity contribution in [1.82, 2.24) is 5.32 Å². The van der Waals surface area contributed by atoms with E-state index < -0.39 is 0 Å². The number of benzene rings is 2. The van der Waals surface area contributed by atoms with Crippen LogP contribution in [0.2, 0.25) is 0 Å².